The Labute approximate surface area is 243 Å². The Hall–Kier alpha value is -2.72. The van der Waals surface area contributed by atoms with Crippen LogP contribution in [0.4, 0.5) is 0 Å². The van der Waals surface area contributed by atoms with Gasteiger partial charge >= 0.3 is 0 Å². The minimum absolute atomic E-state index is 0.112. The second-order valence-corrected chi connectivity index (χ2v) is 13.7. The summed E-state index contributed by atoms with van der Waals surface area (Å²) in [5.41, 5.74) is 5.98. The molecule has 6 rings (SSSR count). The van der Waals surface area contributed by atoms with Crippen LogP contribution in [-0.4, -0.2) is 25.0 Å². The number of benzene rings is 4. The van der Waals surface area contributed by atoms with Gasteiger partial charge in [-0.2, -0.15) is 0 Å². The van der Waals surface area contributed by atoms with E-state index in [1.54, 1.807) is 11.1 Å². The summed E-state index contributed by atoms with van der Waals surface area (Å²) in [4.78, 5) is 1.31. The Balaban J connectivity index is 1.06. The topological polar surface area (TPSA) is 24.1 Å². The minimum Gasteiger partial charge on any atom is -0.313 e. The highest BCUT2D eigenvalue weighted by molar-refractivity contribution is 8.12. The maximum absolute atomic E-state index is 4.37. The van der Waals surface area contributed by atoms with Crippen molar-refractivity contribution >= 4 is 27.3 Å². The van der Waals surface area contributed by atoms with Crippen LogP contribution in [0.1, 0.15) is 60.3 Å². The van der Waals surface area contributed by atoms with Crippen molar-refractivity contribution < 1.29 is 0 Å². The lowest BCUT2D eigenvalue weighted by atomic mass is 9.75. The molecule has 1 fully saturated rings. The van der Waals surface area contributed by atoms with Crippen LogP contribution >= 0.6 is 10.7 Å². The summed E-state index contributed by atoms with van der Waals surface area (Å²) in [5, 5.41) is 6.80. The van der Waals surface area contributed by atoms with Crippen LogP contribution in [0, 0.1) is 18.8 Å². The summed E-state index contributed by atoms with van der Waals surface area (Å²) >= 11 is 0. The molecule has 0 heterocycles. The minimum atomic E-state index is -0.112. The van der Waals surface area contributed by atoms with Gasteiger partial charge in [-0.15, -0.1) is 0 Å². The van der Waals surface area contributed by atoms with Crippen LogP contribution < -0.4 is 10.0 Å². The van der Waals surface area contributed by atoms with Gasteiger partial charge in [0.05, 0.1) is 0 Å². The van der Waals surface area contributed by atoms with E-state index >= 15 is 0 Å². The molecule has 2 nitrogen and oxygen atoms in total. The van der Waals surface area contributed by atoms with E-state index in [4.69, 9.17) is 0 Å². The maximum Gasteiger partial charge on any atom is 0.0152 e. The highest BCUT2D eigenvalue weighted by Crippen LogP contribution is 2.36. The first-order valence-corrected chi connectivity index (χ1v) is 16.6. The third-order valence-corrected chi connectivity index (χ3v) is 10.7. The lowest BCUT2D eigenvalue weighted by Crippen LogP contribution is -2.42. The molecule has 2 aliphatic rings. The molecule has 0 bridgehead atoms. The number of rotatable bonds is 9. The van der Waals surface area contributed by atoms with Gasteiger partial charge in [0.1, 0.15) is 0 Å². The molecule has 40 heavy (non-hydrogen) atoms. The molecule has 0 aliphatic heterocycles. The Morgan fingerprint density at radius 1 is 0.750 bits per heavy atom. The van der Waals surface area contributed by atoms with E-state index in [1.165, 1.54) is 65.3 Å². The monoisotopic (exact) mass is 548 g/mol. The average Bonchev–Trinajstić information content (AvgIpc) is 3.00. The Kier molecular flexibility index (Phi) is 8.82. The first kappa shape index (κ1) is 27.4. The fraction of sp³-hybridized carbons (Fsp3) is 0.378. The second-order valence-electron chi connectivity index (χ2n) is 12.2. The molecule has 3 heteroatoms. The standard InChI is InChI=1S/C37H44N2S/c1-27-12-20-35-33(22-27)19-21-37(36(35)24-30-17-18-31-8-6-7-9-32(31)23-30)38-25-28-13-15-29(16-14-28)26-39-40(2)34-10-4-3-5-11-34/h3-12,17-18,20,22-23,28-29,36-39H,2,13-16,19,21,24-26H2,1H3. The molecule has 3 atom stereocenters. The van der Waals surface area contributed by atoms with Gasteiger partial charge in [-0.3, -0.25) is 4.72 Å². The Morgan fingerprint density at radius 2 is 1.48 bits per heavy atom. The van der Waals surface area contributed by atoms with Crippen LogP contribution in [0.15, 0.2) is 95.9 Å². The van der Waals surface area contributed by atoms with E-state index < -0.39 is 0 Å². The zero-order valence-electron chi connectivity index (χ0n) is 23.9. The fourth-order valence-corrected chi connectivity index (χ4v) is 8.09. The van der Waals surface area contributed by atoms with E-state index in [0.717, 1.165) is 31.3 Å². The van der Waals surface area contributed by atoms with Crippen molar-refractivity contribution in [3.63, 3.8) is 0 Å². The molecule has 0 radical (unpaired) electrons. The number of hydrogen-bond donors (Lipinski definition) is 2. The Morgan fingerprint density at radius 3 is 2.27 bits per heavy atom. The number of hydrogen-bond acceptors (Lipinski definition) is 2. The summed E-state index contributed by atoms with van der Waals surface area (Å²) < 4.78 is 3.72. The number of nitrogens with one attached hydrogen (secondary N) is 2. The molecule has 3 unspecified atom stereocenters. The molecule has 1 saturated carbocycles. The molecule has 2 aliphatic carbocycles. The Bertz CT molecular complexity index is 1440. The highest BCUT2D eigenvalue weighted by atomic mass is 32.2. The van der Waals surface area contributed by atoms with Crippen LogP contribution in [0.3, 0.4) is 0 Å². The first-order valence-electron chi connectivity index (χ1n) is 15.3. The maximum atomic E-state index is 4.37. The van der Waals surface area contributed by atoms with Gasteiger partial charge < -0.3 is 5.32 Å². The number of fused-ring (bicyclic) bond motifs is 2. The summed E-state index contributed by atoms with van der Waals surface area (Å²) in [7, 11) is -0.112. The molecule has 0 spiro atoms. The number of aryl methyl sites for hydroxylation is 2. The third-order valence-electron chi connectivity index (χ3n) is 9.39. The first-order chi connectivity index (χ1) is 19.6. The van der Waals surface area contributed by atoms with Gasteiger partial charge in [0, 0.05) is 23.4 Å². The lowest BCUT2D eigenvalue weighted by Gasteiger charge is -2.37. The molecule has 0 saturated heterocycles. The van der Waals surface area contributed by atoms with Gasteiger partial charge in [-0.1, -0.05) is 101 Å². The molecule has 4 aromatic rings. The lowest BCUT2D eigenvalue weighted by molar-refractivity contribution is 0.253. The molecule has 2 N–H and O–H groups in total. The fourth-order valence-electron chi connectivity index (χ4n) is 7.00. The van der Waals surface area contributed by atoms with E-state index in [9.17, 15) is 0 Å². The van der Waals surface area contributed by atoms with Crippen LogP contribution in [-0.2, 0) is 12.8 Å². The molecule has 0 amide bonds. The SMILES string of the molecule is C=S(NCC1CCC(CNC2CCc3cc(C)ccc3C2Cc2ccc3ccccc3c2)CC1)c1ccccc1. The summed E-state index contributed by atoms with van der Waals surface area (Å²) in [6.45, 7) is 4.48. The van der Waals surface area contributed by atoms with Crippen molar-refractivity contribution in [3.05, 3.63) is 113 Å². The second kappa shape index (κ2) is 12.9. The van der Waals surface area contributed by atoms with Crippen molar-refractivity contribution in [2.45, 2.75) is 68.7 Å². The van der Waals surface area contributed by atoms with E-state index in [1.807, 2.05) is 0 Å². The van der Waals surface area contributed by atoms with Gasteiger partial charge in [-0.05, 0) is 110 Å². The van der Waals surface area contributed by atoms with Crippen molar-refractivity contribution in [3.8, 4) is 0 Å². The van der Waals surface area contributed by atoms with Crippen LogP contribution in [0.5, 0.6) is 0 Å². The van der Waals surface area contributed by atoms with Gasteiger partial charge in [-0.25, -0.2) is 0 Å². The van der Waals surface area contributed by atoms with Gasteiger partial charge in [0.2, 0.25) is 0 Å². The zero-order valence-corrected chi connectivity index (χ0v) is 24.8. The third kappa shape index (κ3) is 6.60. The predicted octanol–water partition coefficient (Wildman–Crippen LogP) is 8.45. The van der Waals surface area contributed by atoms with Crippen molar-refractivity contribution in [2.24, 2.45) is 11.8 Å². The van der Waals surface area contributed by atoms with E-state index in [-0.39, 0.29) is 10.7 Å². The zero-order chi connectivity index (χ0) is 27.3. The van der Waals surface area contributed by atoms with Gasteiger partial charge in [0.15, 0.2) is 0 Å². The van der Waals surface area contributed by atoms with E-state index in [0.29, 0.717) is 12.0 Å². The molecular weight excluding hydrogens is 504 g/mol. The smallest absolute Gasteiger partial charge is 0.0152 e. The van der Waals surface area contributed by atoms with Crippen molar-refractivity contribution in [2.75, 3.05) is 13.1 Å². The van der Waals surface area contributed by atoms with Crippen molar-refractivity contribution in [1.82, 2.24) is 10.0 Å². The van der Waals surface area contributed by atoms with Gasteiger partial charge in [0.25, 0.3) is 0 Å². The predicted molar refractivity (Wildman–Crippen MR) is 175 cm³/mol. The largest absolute Gasteiger partial charge is 0.313 e. The van der Waals surface area contributed by atoms with Crippen LogP contribution in [0.2, 0.25) is 0 Å². The molecule has 4 aromatic carbocycles. The molecule has 0 aromatic heterocycles. The summed E-state index contributed by atoms with van der Waals surface area (Å²) in [6, 6.07) is 34.2. The highest BCUT2D eigenvalue weighted by Gasteiger charge is 2.31. The van der Waals surface area contributed by atoms with Crippen LogP contribution in [0.25, 0.3) is 10.8 Å². The normalized spacial score (nSPS) is 23.5. The quantitative estimate of drug-likeness (QED) is 0.205. The molecule has 208 valence electrons. The molecular formula is C37H44N2S. The average molecular weight is 549 g/mol. The summed E-state index contributed by atoms with van der Waals surface area (Å²) in [6.07, 6.45) is 8.87. The summed E-state index contributed by atoms with van der Waals surface area (Å²) in [5.74, 6) is 6.47. The van der Waals surface area contributed by atoms with E-state index in [2.05, 4.69) is 114 Å². The van der Waals surface area contributed by atoms with Crippen molar-refractivity contribution in [1.29, 1.82) is 0 Å².